The summed E-state index contributed by atoms with van der Waals surface area (Å²) in [5.41, 5.74) is 2.11. The number of aliphatic hydroxyl groups is 1. The predicted molar refractivity (Wildman–Crippen MR) is 63.5 cm³/mol. The minimum Gasteiger partial charge on any atom is -0.391 e. The molecular weight excluding hydrogens is 210 g/mol. The second kappa shape index (κ2) is 4.42. The van der Waals surface area contributed by atoms with E-state index >= 15 is 0 Å². The highest BCUT2D eigenvalue weighted by Crippen LogP contribution is 2.28. The van der Waals surface area contributed by atoms with Crippen molar-refractivity contribution in [3.63, 3.8) is 0 Å². The van der Waals surface area contributed by atoms with Gasteiger partial charge in [0, 0.05) is 0 Å². The largest absolute Gasteiger partial charge is 0.391 e. The quantitative estimate of drug-likeness (QED) is 0.811. The maximum Gasteiger partial charge on any atom is 0.0741 e. The van der Waals surface area contributed by atoms with E-state index in [4.69, 9.17) is 11.6 Å². The lowest BCUT2D eigenvalue weighted by molar-refractivity contribution is 0.172. The van der Waals surface area contributed by atoms with Gasteiger partial charge < -0.3 is 10.4 Å². The molecule has 0 heterocycles. The second-order valence-corrected chi connectivity index (χ2v) is 4.64. The van der Waals surface area contributed by atoms with Gasteiger partial charge in [-0.25, -0.2) is 0 Å². The number of benzene rings is 1. The second-order valence-electron chi connectivity index (χ2n) is 4.23. The number of rotatable bonds is 2. The number of anilines is 1. The molecule has 1 aliphatic carbocycles. The van der Waals surface area contributed by atoms with Crippen LogP contribution < -0.4 is 5.32 Å². The first-order chi connectivity index (χ1) is 7.16. The highest BCUT2D eigenvalue weighted by atomic mass is 35.5. The Morgan fingerprint density at radius 2 is 2.20 bits per heavy atom. The van der Waals surface area contributed by atoms with Gasteiger partial charge in [0.05, 0.1) is 22.9 Å². The minimum atomic E-state index is -0.235. The molecule has 0 bridgehead atoms. The molecule has 3 heteroatoms. The van der Waals surface area contributed by atoms with Gasteiger partial charge in [0.15, 0.2) is 0 Å². The van der Waals surface area contributed by atoms with Gasteiger partial charge in [-0.2, -0.15) is 0 Å². The van der Waals surface area contributed by atoms with Crippen LogP contribution in [0.4, 0.5) is 5.69 Å². The van der Waals surface area contributed by atoms with Crippen LogP contribution in [0.5, 0.6) is 0 Å². The van der Waals surface area contributed by atoms with E-state index in [-0.39, 0.29) is 12.1 Å². The Kier molecular flexibility index (Phi) is 3.17. The molecule has 82 valence electrons. The molecule has 1 aliphatic rings. The van der Waals surface area contributed by atoms with Crippen LogP contribution in [0.2, 0.25) is 5.02 Å². The zero-order valence-corrected chi connectivity index (χ0v) is 9.59. The lowest BCUT2D eigenvalue weighted by atomic mass is 10.1. The minimum absolute atomic E-state index is 0.157. The predicted octanol–water partition coefficient (Wildman–Crippen LogP) is 2.97. The van der Waals surface area contributed by atoms with Crippen molar-refractivity contribution in [2.75, 3.05) is 5.32 Å². The zero-order valence-electron chi connectivity index (χ0n) is 8.83. The van der Waals surface area contributed by atoms with Crippen LogP contribution in [0.15, 0.2) is 18.2 Å². The van der Waals surface area contributed by atoms with Gasteiger partial charge in [-0.3, -0.25) is 0 Å². The molecule has 1 saturated carbocycles. The summed E-state index contributed by atoms with van der Waals surface area (Å²) in [6.07, 6.45) is 2.76. The van der Waals surface area contributed by atoms with Crippen LogP contribution in [-0.2, 0) is 0 Å². The Hall–Kier alpha value is -0.730. The van der Waals surface area contributed by atoms with Crippen molar-refractivity contribution in [1.82, 2.24) is 0 Å². The van der Waals surface area contributed by atoms with Crippen molar-refractivity contribution in [2.45, 2.75) is 38.3 Å². The molecule has 0 radical (unpaired) electrons. The Morgan fingerprint density at radius 3 is 2.87 bits per heavy atom. The molecule has 2 nitrogen and oxygen atoms in total. The van der Waals surface area contributed by atoms with Gasteiger partial charge in [0.25, 0.3) is 0 Å². The van der Waals surface area contributed by atoms with Crippen molar-refractivity contribution in [1.29, 1.82) is 0 Å². The van der Waals surface area contributed by atoms with Gasteiger partial charge >= 0.3 is 0 Å². The van der Waals surface area contributed by atoms with E-state index in [1.54, 1.807) is 0 Å². The van der Waals surface area contributed by atoms with Gasteiger partial charge in [-0.15, -0.1) is 0 Å². The Morgan fingerprint density at radius 1 is 1.40 bits per heavy atom. The highest BCUT2D eigenvalue weighted by Gasteiger charge is 2.25. The fourth-order valence-electron chi connectivity index (χ4n) is 2.06. The Labute approximate surface area is 95.3 Å². The van der Waals surface area contributed by atoms with Crippen LogP contribution >= 0.6 is 11.6 Å². The van der Waals surface area contributed by atoms with Gasteiger partial charge in [0.2, 0.25) is 0 Å². The monoisotopic (exact) mass is 225 g/mol. The molecule has 2 rings (SSSR count). The molecule has 15 heavy (non-hydrogen) atoms. The summed E-state index contributed by atoms with van der Waals surface area (Å²) >= 11 is 6.08. The van der Waals surface area contributed by atoms with E-state index in [0.29, 0.717) is 0 Å². The SMILES string of the molecule is Cc1ccc(Cl)c(N[C@H]2CCC[C@@H]2O)c1. The number of aryl methyl sites for hydroxylation is 1. The Balaban J connectivity index is 2.12. The Bertz CT molecular complexity index is 353. The van der Waals surface area contributed by atoms with E-state index in [1.165, 1.54) is 5.56 Å². The molecule has 1 aromatic carbocycles. The molecule has 2 N–H and O–H groups in total. The molecule has 0 aromatic heterocycles. The molecule has 0 spiro atoms. The van der Waals surface area contributed by atoms with Crippen LogP contribution in [0.25, 0.3) is 0 Å². The molecule has 0 aliphatic heterocycles. The topological polar surface area (TPSA) is 32.3 Å². The molecule has 0 saturated heterocycles. The summed E-state index contributed by atoms with van der Waals surface area (Å²) in [7, 11) is 0. The average Bonchev–Trinajstić information content (AvgIpc) is 2.58. The fraction of sp³-hybridized carbons (Fsp3) is 0.500. The van der Waals surface area contributed by atoms with E-state index < -0.39 is 0 Å². The molecule has 0 unspecified atom stereocenters. The third-order valence-corrected chi connectivity index (χ3v) is 3.27. The lowest BCUT2D eigenvalue weighted by Crippen LogP contribution is -2.28. The average molecular weight is 226 g/mol. The van der Waals surface area contributed by atoms with Crippen molar-refractivity contribution in [2.24, 2.45) is 0 Å². The van der Waals surface area contributed by atoms with Crippen molar-refractivity contribution in [3.05, 3.63) is 28.8 Å². The van der Waals surface area contributed by atoms with Crippen LogP contribution in [0.3, 0.4) is 0 Å². The molecule has 0 amide bonds. The van der Waals surface area contributed by atoms with Gasteiger partial charge in [-0.1, -0.05) is 17.7 Å². The summed E-state index contributed by atoms with van der Waals surface area (Å²) in [4.78, 5) is 0. The molecule has 1 fully saturated rings. The van der Waals surface area contributed by atoms with Crippen LogP contribution in [-0.4, -0.2) is 17.3 Å². The van der Waals surface area contributed by atoms with Crippen molar-refractivity contribution in [3.8, 4) is 0 Å². The van der Waals surface area contributed by atoms with Gasteiger partial charge in [-0.05, 0) is 43.9 Å². The summed E-state index contributed by atoms with van der Waals surface area (Å²) < 4.78 is 0. The highest BCUT2D eigenvalue weighted by molar-refractivity contribution is 6.33. The maximum absolute atomic E-state index is 9.70. The number of hydrogen-bond acceptors (Lipinski definition) is 2. The van der Waals surface area contributed by atoms with E-state index in [0.717, 1.165) is 30.0 Å². The first-order valence-electron chi connectivity index (χ1n) is 5.37. The smallest absolute Gasteiger partial charge is 0.0741 e. The standard InChI is InChI=1S/C12H16ClNO/c1-8-5-6-9(13)11(7-8)14-10-3-2-4-12(10)15/h5-7,10,12,14-15H,2-4H2,1H3/t10-,12-/m0/s1. The third-order valence-electron chi connectivity index (χ3n) is 2.94. The van der Waals surface area contributed by atoms with Crippen molar-refractivity contribution >= 4 is 17.3 Å². The summed E-state index contributed by atoms with van der Waals surface area (Å²) in [5, 5.41) is 13.7. The first kappa shape index (κ1) is 10.8. The van der Waals surface area contributed by atoms with Crippen molar-refractivity contribution < 1.29 is 5.11 Å². The molecule has 1 aromatic rings. The van der Waals surface area contributed by atoms with Crippen LogP contribution in [0.1, 0.15) is 24.8 Å². The summed E-state index contributed by atoms with van der Waals surface area (Å²) in [6, 6.07) is 6.05. The third kappa shape index (κ3) is 2.44. The molecular formula is C12H16ClNO. The molecule has 2 atom stereocenters. The van der Waals surface area contributed by atoms with E-state index in [9.17, 15) is 5.11 Å². The summed E-state index contributed by atoms with van der Waals surface area (Å²) in [5.74, 6) is 0. The maximum atomic E-state index is 9.70. The number of halogens is 1. The number of aliphatic hydroxyl groups excluding tert-OH is 1. The van der Waals surface area contributed by atoms with Gasteiger partial charge in [0.1, 0.15) is 0 Å². The zero-order chi connectivity index (χ0) is 10.8. The van der Waals surface area contributed by atoms with Crippen LogP contribution in [0, 0.1) is 6.92 Å². The first-order valence-corrected chi connectivity index (χ1v) is 5.75. The van der Waals surface area contributed by atoms with E-state index in [2.05, 4.69) is 5.32 Å². The lowest BCUT2D eigenvalue weighted by Gasteiger charge is -2.19. The normalized spacial score (nSPS) is 25.5. The number of nitrogens with one attached hydrogen (secondary N) is 1. The van der Waals surface area contributed by atoms with E-state index in [1.807, 2.05) is 25.1 Å². The summed E-state index contributed by atoms with van der Waals surface area (Å²) in [6.45, 7) is 2.03. The fourth-order valence-corrected chi connectivity index (χ4v) is 2.23. The number of hydrogen-bond donors (Lipinski definition) is 2.